The highest BCUT2D eigenvalue weighted by molar-refractivity contribution is 4.95. The highest BCUT2D eigenvalue weighted by Gasteiger charge is 2.39. The molecule has 98 valence electrons. The van der Waals surface area contributed by atoms with Crippen LogP contribution in [0.1, 0.15) is 51.9 Å². The molecule has 0 radical (unpaired) electrons. The molecule has 3 aliphatic heterocycles. The van der Waals surface area contributed by atoms with E-state index < -0.39 is 0 Å². The van der Waals surface area contributed by atoms with Crippen molar-refractivity contribution in [1.29, 1.82) is 0 Å². The van der Waals surface area contributed by atoms with Crippen LogP contribution in [0.2, 0.25) is 0 Å². The molecule has 0 amide bonds. The lowest BCUT2D eigenvalue weighted by Crippen LogP contribution is -2.54. The van der Waals surface area contributed by atoms with Gasteiger partial charge >= 0.3 is 0 Å². The molecule has 3 saturated heterocycles. The summed E-state index contributed by atoms with van der Waals surface area (Å²) in [6.07, 6.45) is 10.2. The molecule has 0 spiro atoms. The van der Waals surface area contributed by atoms with E-state index in [4.69, 9.17) is 0 Å². The van der Waals surface area contributed by atoms with Gasteiger partial charge in [-0.3, -0.25) is 0 Å². The van der Waals surface area contributed by atoms with E-state index in [0.717, 1.165) is 30.0 Å². The molecule has 0 aliphatic carbocycles. The van der Waals surface area contributed by atoms with Gasteiger partial charge in [0.25, 0.3) is 0 Å². The predicted molar refractivity (Wildman–Crippen MR) is 72.1 cm³/mol. The van der Waals surface area contributed by atoms with Gasteiger partial charge in [-0.1, -0.05) is 13.3 Å². The lowest BCUT2D eigenvalue weighted by molar-refractivity contribution is 0.0201. The van der Waals surface area contributed by atoms with Gasteiger partial charge in [-0.25, -0.2) is 0 Å². The maximum atomic E-state index is 3.82. The minimum Gasteiger partial charge on any atom is -0.313 e. The Morgan fingerprint density at radius 2 is 1.71 bits per heavy atom. The number of nitrogens with zero attached hydrogens (tertiary/aromatic N) is 1. The molecule has 0 saturated carbocycles. The third-order valence-corrected chi connectivity index (χ3v) is 5.64. The first-order valence-electron chi connectivity index (χ1n) is 7.69. The van der Waals surface area contributed by atoms with Crippen LogP contribution < -0.4 is 5.32 Å². The summed E-state index contributed by atoms with van der Waals surface area (Å²) < 4.78 is 0. The highest BCUT2D eigenvalue weighted by atomic mass is 15.2. The van der Waals surface area contributed by atoms with Gasteiger partial charge in [0.1, 0.15) is 0 Å². The first-order chi connectivity index (χ1) is 8.24. The maximum Gasteiger partial charge on any atom is 0.00983 e. The van der Waals surface area contributed by atoms with Crippen LogP contribution in [0.4, 0.5) is 0 Å². The Labute approximate surface area is 106 Å². The smallest absolute Gasteiger partial charge is 0.00983 e. The summed E-state index contributed by atoms with van der Waals surface area (Å²) in [4.78, 5) is 2.69. The van der Waals surface area contributed by atoms with Crippen molar-refractivity contribution in [3.8, 4) is 0 Å². The second kappa shape index (κ2) is 4.89. The van der Waals surface area contributed by atoms with E-state index >= 15 is 0 Å². The number of hydrogen-bond acceptors (Lipinski definition) is 2. The van der Waals surface area contributed by atoms with Gasteiger partial charge in [0, 0.05) is 18.1 Å². The summed E-state index contributed by atoms with van der Waals surface area (Å²) in [7, 11) is 2.36. The second-order valence-electron chi connectivity index (χ2n) is 6.83. The maximum absolute atomic E-state index is 3.82. The number of fused-ring (bicyclic) bond motifs is 2. The van der Waals surface area contributed by atoms with E-state index in [9.17, 15) is 0 Å². The zero-order valence-corrected chi connectivity index (χ0v) is 11.5. The number of nitrogens with one attached hydrogen (secondary N) is 1. The molecule has 0 aromatic heterocycles. The van der Waals surface area contributed by atoms with Crippen molar-refractivity contribution in [3.63, 3.8) is 0 Å². The number of piperidine rings is 3. The molecule has 3 rings (SSSR count). The van der Waals surface area contributed by atoms with Crippen LogP contribution in [0.15, 0.2) is 0 Å². The molecule has 0 aromatic carbocycles. The molecular weight excluding hydrogens is 208 g/mol. The summed E-state index contributed by atoms with van der Waals surface area (Å²) in [5, 5.41) is 3.82. The predicted octanol–water partition coefficient (Wildman–Crippen LogP) is 2.64. The van der Waals surface area contributed by atoms with Crippen molar-refractivity contribution in [1.82, 2.24) is 10.2 Å². The summed E-state index contributed by atoms with van der Waals surface area (Å²) >= 11 is 0. The van der Waals surface area contributed by atoms with Gasteiger partial charge in [-0.2, -0.15) is 0 Å². The van der Waals surface area contributed by atoms with Crippen molar-refractivity contribution in [2.45, 2.75) is 70.0 Å². The van der Waals surface area contributed by atoms with Crippen LogP contribution in [0.25, 0.3) is 0 Å². The first-order valence-corrected chi connectivity index (χ1v) is 7.69. The van der Waals surface area contributed by atoms with Crippen molar-refractivity contribution in [2.75, 3.05) is 13.6 Å². The van der Waals surface area contributed by atoms with Crippen molar-refractivity contribution < 1.29 is 0 Å². The third kappa shape index (κ3) is 2.39. The SMILES string of the molecule is CC1CCC(C2CC3CCCC(C2)N3C)NC1. The Morgan fingerprint density at radius 1 is 1.00 bits per heavy atom. The molecule has 4 atom stereocenters. The lowest BCUT2D eigenvalue weighted by atomic mass is 9.73. The van der Waals surface area contributed by atoms with Crippen LogP contribution in [-0.2, 0) is 0 Å². The van der Waals surface area contributed by atoms with E-state index in [1.165, 1.54) is 51.5 Å². The van der Waals surface area contributed by atoms with E-state index in [-0.39, 0.29) is 0 Å². The van der Waals surface area contributed by atoms with Gasteiger partial charge < -0.3 is 10.2 Å². The van der Waals surface area contributed by atoms with Gasteiger partial charge in [0.2, 0.25) is 0 Å². The molecule has 2 nitrogen and oxygen atoms in total. The zero-order valence-electron chi connectivity index (χ0n) is 11.5. The molecule has 17 heavy (non-hydrogen) atoms. The van der Waals surface area contributed by atoms with E-state index in [1.54, 1.807) is 0 Å². The number of rotatable bonds is 1. The summed E-state index contributed by atoms with van der Waals surface area (Å²) in [5.74, 6) is 1.87. The Kier molecular flexibility index (Phi) is 3.45. The van der Waals surface area contributed by atoms with Crippen LogP contribution >= 0.6 is 0 Å². The summed E-state index contributed by atoms with van der Waals surface area (Å²) in [5.41, 5.74) is 0. The Balaban J connectivity index is 1.61. The Morgan fingerprint density at radius 3 is 2.29 bits per heavy atom. The average Bonchev–Trinajstić information content (AvgIpc) is 2.30. The quantitative estimate of drug-likeness (QED) is 0.753. The Hall–Kier alpha value is -0.0800. The molecule has 3 fully saturated rings. The molecule has 3 heterocycles. The first kappa shape index (κ1) is 12.0. The van der Waals surface area contributed by atoms with E-state index in [0.29, 0.717) is 0 Å². The van der Waals surface area contributed by atoms with Crippen molar-refractivity contribution >= 4 is 0 Å². The normalized spacial score (nSPS) is 48.0. The van der Waals surface area contributed by atoms with Crippen LogP contribution in [0.5, 0.6) is 0 Å². The molecule has 3 aliphatic rings. The molecule has 1 N–H and O–H groups in total. The highest BCUT2D eigenvalue weighted by Crippen LogP contribution is 2.38. The van der Waals surface area contributed by atoms with Gasteiger partial charge in [-0.05, 0) is 64.0 Å². The van der Waals surface area contributed by atoms with E-state index in [2.05, 4.69) is 24.2 Å². The molecule has 0 aromatic rings. The van der Waals surface area contributed by atoms with Crippen LogP contribution in [0.3, 0.4) is 0 Å². The Bertz CT molecular complexity index is 244. The topological polar surface area (TPSA) is 15.3 Å². The fraction of sp³-hybridized carbons (Fsp3) is 1.00. The zero-order chi connectivity index (χ0) is 11.8. The molecule has 4 unspecified atom stereocenters. The van der Waals surface area contributed by atoms with Gasteiger partial charge in [0.15, 0.2) is 0 Å². The van der Waals surface area contributed by atoms with Crippen LogP contribution in [0, 0.1) is 11.8 Å². The molecule has 2 heteroatoms. The third-order valence-electron chi connectivity index (χ3n) is 5.64. The molecular formula is C15H28N2. The van der Waals surface area contributed by atoms with Crippen LogP contribution in [-0.4, -0.2) is 36.6 Å². The van der Waals surface area contributed by atoms with E-state index in [1.807, 2.05) is 0 Å². The fourth-order valence-corrected chi connectivity index (χ4v) is 4.41. The van der Waals surface area contributed by atoms with Gasteiger partial charge in [0.05, 0.1) is 0 Å². The minimum atomic E-state index is 0.836. The number of hydrogen-bond donors (Lipinski definition) is 1. The average molecular weight is 236 g/mol. The monoisotopic (exact) mass is 236 g/mol. The summed E-state index contributed by atoms with van der Waals surface area (Å²) in [6.45, 7) is 3.64. The fourth-order valence-electron chi connectivity index (χ4n) is 4.41. The van der Waals surface area contributed by atoms with Crippen molar-refractivity contribution in [2.24, 2.45) is 11.8 Å². The largest absolute Gasteiger partial charge is 0.313 e. The molecule has 2 bridgehead atoms. The van der Waals surface area contributed by atoms with Gasteiger partial charge in [-0.15, -0.1) is 0 Å². The summed E-state index contributed by atoms with van der Waals surface area (Å²) in [6, 6.07) is 2.63. The standard InChI is InChI=1S/C15H28N2/c1-11-6-7-15(16-10-11)12-8-13-4-3-5-14(9-12)17(13)2/h11-16H,3-10H2,1-2H3. The minimum absolute atomic E-state index is 0.836. The second-order valence-corrected chi connectivity index (χ2v) is 6.83. The lowest BCUT2D eigenvalue weighted by Gasteiger charge is -2.49. The van der Waals surface area contributed by atoms with Crippen molar-refractivity contribution in [3.05, 3.63) is 0 Å².